The second-order valence-electron chi connectivity index (χ2n) is 5.22. The lowest BCUT2D eigenvalue weighted by Gasteiger charge is -2.24. The first-order chi connectivity index (χ1) is 9.83. The lowest BCUT2D eigenvalue weighted by Crippen LogP contribution is -2.44. The maximum atomic E-state index is 4.29. The van der Waals surface area contributed by atoms with Crippen LogP contribution in [0.15, 0.2) is 35.3 Å². The quantitative estimate of drug-likeness (QED) is 0.636. The molecule has 1 aromatic rings. The van der Waals surface area contributed by atoms with Crippen molar-refractivity contribution < 1.29 is 0 Å². The standard InChI is InChI=1S/C16H26N4/c1-3-20-11-7-10-15(20)13-19-16(17-2)18-12-14-8-5-4-6-9-14/h4-6,8-9,15H,3,7,10-13H2,1-2H3,(H2,17,18,19). The van der Waals surface area contributed by atoms with Crippen LogP contribution in [0.25, 0.3) is 0 Å². The van der Waals surface area contributed by atoms with E-state index in [4.69, 9.17) is 0 Å². The molecule has 4 heteroatoms. The number of nitrogens with one attached hydrogen (secondary N) is 2. The van der Waals surface area contributed by atoms with E-state index >= 15 is 0 Å². The van der Waals surface area contributed by atoms with Crippen molar-refractivity contribution in [1.82, 2.24) is 15.5 Å². The Balaban J connectivity index is 1.75. The highest BCUT2D eigenvalue weighted by molar-refractivity contribution is 5.79. The molecule has 1 aliphatic heterocycles. The number of hydrogen-bond donors (Lipinski definition) is 2. The highest BCUT2D eigenvalue weighted by Gasteiger charge is 2.22. The van der Waals surface area contributed by atoms with E-state index in [9.17, 15) is 0 Å². The summed E-state index contributed by atoms with van der Waals surface area (Å²) in [4.78, 5) is 6.83. The van der Waals surface area contributed by atoms with Crippen LogP contribution in [0.4, 0.5) is 0 Å². The molecule has 2 rings (SSSR count). The van der Waals surface area contributed by atoms with Crippen molar-refractivity contribution in [3.63, 3.8) is 0 Å². The van der Waals surface area contributed by atoms with Crippen LogP contribution in [-0.4, -0.2) is 43.6 Å². The van der Waals surface area contributed by atoms with Crippen molar-refractivity contribution >= 4 is 5.96 Å². The van der Waals surface area contributed by atoms with E-state index in [1.165, 1.54) is 24.9 Å². The average molecular weight is 274 g/mol. The molecule has 0 aromatic heterocycles. The van der Waals surface area contributed by atoms with E-state index in [1.807, 2.05) is 13.1 Å². The van der Waals surface area contributed by atoms with Crippen LogP contribution in [0.3, 0.4) is 0 Å². The van der Waals surface area contributed by atoms with E-state index in [0.29, 0.717) is 6.04 Å². The molecular formula is C16H26N4. The summed E-state index contributed by atoms with van der Waals surface area (Å²) in [6.07, 6.45) is 2.60. The number of likely N-dealkylation sites (N-methyl/N-ethyl adjacent to an activating group) is 1. The van der Waals surface area contributed by atoms with Gasteiger partial charge in [0.2, 0.25) is 0 Å². The Hall–Kier alpha value is -1.55. The van der Waals surface area contributed by atoms with Gasteiger partial charge in [-0.15, -0.1) is 0 Å². The summed E-state index contributed by atoms with van der Waals surface area (Å²) >= 11 is 0. The summed E-state index contributed by atoms with van der Waals surface area (Å²) < 4.78 is 0. The minimum absolute atomic E-state index is 0.648. The normalized spacial score (nSPS) is 20.1. The summed E-state index contributed by atoms with van der Waals surface area (Å²) in [5.41, 5.74) is 1.27. The Morgan fingerprint density at radius 1 is 1.30 bits per heavy atom. The third-order valence-electron chi connectivity index (χ3n) is 3.94. The van der Waals surface area contributed by atoms with Gasteiger partial charge in [0.1, 0.15) is 0 Å². The van der Waals surface area contributed by atoms with Gasteiger partial charge in [0.25, 0.3) is 0 Å². The lowest BCUT2D eigenvalue weighted by molar-refractivity contribution is 0.267. The summed E-state index contributed by atoms with van der Waals surface area (Å²) in [5, 5.41) is 6.81. The molecule has 1 aliphatic rings. The first-order valence-corrected chi connectivity index (χ1v) is 7.56. The van der Waals surface area contributed by atoms with Crippen molar-refractivity contribution in [2.24, 2.45) is 4.99 Å². The molecule has 1 saturated heterocycles. The van der Waals surface area contributed by atoms with Crippen molar-refractivity contribution in [2.45, 2.75) is 32.4 Å². The maximum absolute atomic E-state index is 4.29. The zero-order valence-electron chi connectivity index (χ0n) is 12.6. The van der Waals surface area contributed by atoms with Gasteiger partial charge < -0.3 is 10.6 Å². The van der Waals surface area contributed by atoms with Crippen LogP contribution in [0.5, 0.6) is 0 Å². The second kappa shape index (κ2) is 7.90. The number of likely N-dealkylation sites (tertiary alicyclic amines) is 1. The van der Waals surface area contributed by atoms with Gasteiger partial charge in [-0.3, -0.25) is 9.89 Å². The number of hydrogen-bond acceptors (Lipinski definition) is 2. The molecule has 1 heterocycles. The molecule has 1 atom stereocenters. The van der Waals surface area contributed by atoms with Crippen molar-refractivity contribution in [1.29, 1.82) is 0 Å². The van der Waals surface area contributed by atoms with Crippen LogP contribution >= 0.6 is 0 Å². The highest BCUT2D eigenvalue weighted by Crippen LogP contribution is 2.15. The minimum Gasteiger partial charge on any atom is -0.355 e. The zero-order chi connectivity index (χ0) is 14.2. The Bertz CT molecular complexity index is 416. The fraction of sp³-hybridized carbons (Fsp3) is 0.562. The minimum atomic E-state index is 0.648. The molecule has 0 spiro atoms. The number of guanidine groups is 1. The molecule has 0 aliphatic carbocycles. The Morgan fingerprint density at radius 3 is 2.80 bits per heavy atom. The Kier molecular flexibility index (Phi) is 5.87. The van der Waals surface area contributed by atoms with Gasteiger partial charge in [0.15, 0.2) is 5.96 Å². The third kappa shape index (κ3) is 4.23. The monoisotopic (exact) mass is 274 g/mol. The molecule has 0 bridgehead atoms. The van der Waals surface area contributed by atoms with Crippen LogP contribution in [0.1, 0.15) is 25.3 Å². The second-order valence-corrected chi connectivity index (χ2v) is 5.22. The predicted octanol–water partition coefficient (Wildman–Crippen LogP) is 1.84. The van der Waals surface area contributed by atoms with Crippen LogP contribution < -0.4 is 10.6 Å². The summed E-state index contributed by atoms with van der Waals surface area (Å²) in [7, 11) is 1.83. The predicted molar refractivity (Wildman–Crippen MR) is 84.9 cm³/mol. The molecular weight excluding hydrogens is 248 g/mol. The van der Waals surface area contributed by atoms with E-state index in [0.717, 1.165) is 25.6 Å². The van der Waals surface area contributed by atoms with Crippen LogP contribution in [0, 0.1) is 0 Å². The van der Waals surface area contributed by atoms with Gasteiger partial charge in [-0.2, -0.15) is 0 Å². The van der Waals surface area contributed by atoms with Crippen molar-refractivity contribution in [2.75, 3.05) is 26.7 Å². The van der Waals surface area contributed by atoms with Gasteiger partial charge in [0, 0.05) is 26.2 Å². The number of aliphatic imine (C=N–C) groups is 1. The van der Waals surface area contributed by atoms with Crippen molar-refractivity contribution in [3.8, 4) is 0 Å². The molecule has 2 N–H and O–H groups in total. The smallest absolute Gasteiger partial charge is 0.191 e. The zero-order valence-corrected chi connectivity index (χ0v) is 12.6. The number of benzene rings is 1. The number of nitrogens with zero attached hydrogens (tertiary/aromatic N) is 2. The van der Waals surface area contributed by atoms with Crippen LogP contribution in [-0.2, 0) is 6.54 Å². The lowest BCUT2D eigenvalue weighted by atomic mass is 10.2. The average Bonchev–Trinajstić information content (AvgIpc) is 2.96. The summed E-state index contributed by atoms with van der Waals surface area (Å²) in [5.74, 6) is 0.886. The highest BCUT2D eigenvalue weighted by atomic mass is 15.2. The fourth-order valence-electron chi connectivity index (χ4n) is 2.76. The molecule has 0 radical (unpaired) electrons. The molecule has 1 aromatic carbocycles. The molecule has 20 heavy (non-hydrogen) atoms. The SMILES string of the molecule is CCN1CCCC1CNC(=NC)NCc1ccccc1. The first kappa shape index (κ1) is 14.9. The molecule has 4 nitrogen and oxygen atoms in total. The number of rotatable bonds is 5. The molecule has 110 valence electrons. The molecule has 0 saturated carbocycles. The van der Waals surface area contributed by atoms with Gasteiger partial charge in [-0.25, -0.2) is 0 Å². The van der Waals surface area contributed by atoms with E-state index in [1.54, 1.807) is 0 Å². The van der Waals surface area contributed by atoms with E-state index < -0.39 is 0 Å². The van der Waals surface area contributed by atoms with E-state index in [-0.39, 0.29) is 0 Å². The largest absolute Gasteiger partial charge is 0.355 e. The first-order valence-electron chi connectivity index (χ1n) is 7.56. The van der Waals surface area contributed by atoms with Crippen molar-refractivity contribution in [3.05, 3.63) is 35.9 Å². The topological polar surface area (TPSA) is 39.7 Å². The Labute approximate surface area is 122 Å². The molecule has 0 amide bonds. The van der Waals surface area contributed by atoms with E-state index in [2.05, 4.69) is 51.7 Å². The van der Waals surface area contributed by atoms with Crippen LogP contribution in [0.2, 0.25) is 0 Å². The Morgan fingerprint density at radius 2 is 2.10 bits per heavy atom. The summed E-state index contributed by atoms with van der Waals surface area (Å²) in [6.45, 7) is 6.40. The van der Waals surface area contributed by atoms with Gasteiger partial charge in [-0.1, -0.05) is 37.3 Å². The molecule has 1 unspecified atom stereocenters. The summed E-state index contributed by atoms with van der Waals surface area (Å²) in [6, 6.07) is 11.0. The fourth-order valence-corrected chi connectivity index (χ4v) is 2.76. The maximum Gasteiger partial charge on any atom is 0.191 e. The molecule has 1 fully saturated rings. The van der Waals surface area contributed by atoms with Gasteiger partial charge in [0.05, 0.1) is 0 Å². The van der Waals surface area contributed by atoms with Gasteiger partial charge >= 0.3 is 0 Å². The third-order valence-corrected chi connectivity index (χ3v) is 3.94. The van der Waals surface area contributed by atoms with Gasteiger partial charge in [-0.05, 0) is 31.5 Å².